The fraction of sp³-hybridized carbons (Fsp3) is 0.448. The number of ether oxygens (including phenoxy) is 1. The van der Waals surface area contributed by atoms with Gasteiger partial charge in [-0.15, -0.1) is 13.2 Å². The van der Waals surface area contributed by atoms with E-state index in [-0.39, 0.29) is 25.2 Å². The first-order valence-electron chi connectivity index (χ1n) is 12.3. The molecule has 6 heteroatoms. The van der Waals surface area contributed by atoms with E-state index in [1.54, 1.807) is 27.9 Å². The summed E-state index contributed by atoms with van der Waals surface area (Å²) >= 11 is 0. The van der Waals surface area contributed by atoms with Crippen LogP contribution in [-0.4, -0.2) is 36.2 Å². The van der Waals surface area contributed by atoms with E-state index in [1.165, 1.54) is 0 Å². The van der Waals surface area contributed by atoms with E-state index in [0.29, 0.717) is 24.7 Å². The molecule has 0 radical (unpaired) electrons. The highest BCUT2D eigenvalue weighted by atomic mass is 32.2. The minimum atomic E-state index is -3.90. The van der Waals surface area contributed by atoms with Crippen LogP contribution in [0.1, 0.15) is 51.7 Å². The molecule has 2 rings (SSSR count). The molecule has 2 aromatic rings. The van der Waals surface area contributed by atoms with Crippen molar-refractivity contribution in [1.29, 1.82) is 0 Å². The molecule has 0 amide bonds. The smallest absolute Gasteiger partial charge is 0.283 e. The molecule has 0 fully saturated rings. The number of rotatable bonds is 15. The molecule has 0 saturated carbocycles. The molecule has 5 nitrogen and oxygen atoms in total. The maximum atomic E-state index is 14.5. The highest BCUT2D eigenvalue weighted by Crippen LogP contribution is 2.28. The summed E-state index contributed by atoms with van der Waals surface area (Å²) < 4.78 is 37.4. The van der Waals surface area contributed by atoms with Crippen LogP contribution in [0.2, 0.25) is 0 Å². The second-order valence-corrected chi connectivity index (χ2v) is 11.6. The van der Waals surface area contributed by atoms with Gasteiger partial charge in [-0.1, -0.05) is 82.3 Å². The summed E-state index contributed by atoms with van der Waals surface area (Å²) in [7, 11) is -2.28. The third-order valence-electron chi connectivity index (χ3n) is 5.98. The van der Waals surface area contributed by atoms with Gasteiger partial charge in [-0.3, -0.25) is 0 Å². The van der Waals surface area contributed by atoms with Crippen LogP contribution in [0.15, 0.2) is 79.9 Å². The van der Waals surface area contributed by atoms with E-state index in [2.05, 4.69) is 40.9 Å². The van der Waals surface area contributed by atoms with Crippen LogP contribution in [0.25, 0.3) is 0 Å². The van der Waals surface area contributed by atoms with E-state index >= 15 is 0 Å². The van der Waals surface area contributed by atoms with E-state index in [4.69, 9.17) is 4.74 Å². The zero-order chi connectivity index (χ0) is 26.0. The lowest BCUT2D eigenvalue weighted by Gasteiger charge is -2.38. The first kappa shape index (κ1) is 28.8. The Morgan fingerprint density at radius 3 is 1.57 bits per heavy atom. The number of hydrogen-bond acceptors (Lipinski definition) is 3. The van der Waals surface area contributed by atoms with E-state index in [9.17, 15) is 8.42 Å². The monoisotopic (exact) mass is 498 g/mol. The molecule has 0 aliphatic carbocycles. The van der Waals surface area contributed by atoms with Gasteiger partial charge in [0.1, 0.15) is 5.75 Å². The Morgan fingerprint density at radius 2 is 1.20 bits per heavy atom. The van der Waals surface area contributed by atoms with Gasteiger partial charge in [0.25, 0.3) is 10.2 Å². The first-order chi connectivity index (χ1) is 16.6. The Morgan fingerprint density at radius 1 is 0.771 bits per heavy atom. The zero-order valence-electron chi connectivity index (χ0n) is 21.9. The maximum absolute atomic E-state index is 14.5. The minimum absolute atomic E-state index is 0.243. The van der Waals surface area contributed by atoms with Crippen LogP contribution in [0.5, 0.6) is 5.75 Å². The van der Waals surface area contributed by atoms with Gasteiger partial charge in [0.2, 0.25) is 0 Å². The third kappa shape index (κ3) is 8.34. The van der Waals surface area contributed by atoms with Crippen molar-refractivity contribution in [2.75, 3.05) is 7.11 Å². The summed E-state index contributed by atoms with van der Waals surface area (Å²) in [5.41, 5.74) is 1.83. The van der Waals surface area contributed by atoms with Crippen molar-refractivity contribution >= 4 is 10.2 Å². The van der Waals surface area contributed by atoms with Crippen LogP contribution in [-0.2, 0) is 23.3 Å². The predicted molar refractivity (Wildman–Crippen MR) is 146 cm³/mol. The second kappa shape index (κ2) is 13.6. The number of nitrogens with zero attached hydrogens (tertiary/aromatic N) is 2. The van der Waals surface area contributed by atoms with Crippen LogP contribution >= 0.6 is 0 Å². The number of benzene rings is 2. The van der Waals surface area contributed by atoms with Crippen LogP contribution < -0.4 is 4.74 Å². The van der Waals surface area contributed by atoms with E-state index < -0.39 is 10.2 Å². The molecular weight excluding hydrogens is 456 g/mol. The van der Waals surface area contributed by atoms with Crippen molar-refractivity contribution in [3.63, 3.8) is 0 Å². The molecule has 0 unspecified atom stereocenters. The van der Waals surface area contributed by atoms with Crippen molar-refractivity contribution in [2.45, 2.75) is 65.7 Å². The molecule has 2 aromatic carbocycles. The molecular formula is C29H42N2O3S. The molecule has 2 atom stereocenters. The molecule has 0 aliphatic heterocycles. The minimum Gasteiger partial charge on any atom is -0.497 e. The Balaban J connectivity index is 2.57. The van der Waals surface area contributed by atoms with Crippen molar-refractivity contribution < 1.29 is 13.2 Å². The molecule has 0 aliphatic rings. The fourth-order valence-electron chi connectivity index (χ4n) is 4.18. The molecule has 0 heterocycles. The largest absolute Gasteiger partial charge is 0.497 e. The van der Waals surface area contributed by atoms with Gasteiger partial charge in [0, 0.05) is 25.2 Å². The SMILES string of the molecule is C=C[C@H](CC(C)C)N(Cc1ccccc1)S(=O)(=O)N(Cc1ccc(OC)cc1)[C@H](C=C)CC(C)C. The quantitative estimate of drug-likeness (QED) is 0.265. The highest BCUT2D eigenvalue weighted by Gasteiger charge is 2.37. The van der Waals surface area contributed by atoms with Gasteiger partial charge in [-0.2, -0.15) is 17.0 Å². The average Bonchev–Trinajstić information content (AvgIpc) is 2.83. The summed E-state index contributed by atoms with van der Waals surface area (Å²) in [5.74, 6) is 1.35. The van der Waals surface area contributed by atoms with Gasteiger partial charge >= 0.3 is 0 Å². The fourth-order valence-corrected chi connectivity index (χ4v) is 6.10. The second-order valence-electron chi connectivity index (χ2n) is 9.80. The van der Waals surface area contributed by atoms with Crippen molar-refractivity contribution in [2.24, 2.45) is 11.8 Å². The maximum Gasteiger partial charge on any atom is 0.283 e. The Bertz CT molecular complexity index is 1020. The first-order valence-corrected chi connectivity index (χ1v) is 13.7. The van der Waals surface area contributed by atoms with Crippen LogP contribution in [0, 0.1) is 11.8 Å². The molecule has 35 heavy (non-hydrogen) atoms. The standard InChI is InChI=1S/C29H42N2O3S/c1-8-27(19-23(3)4)30(21-25-13-11-10-12-14-25)35(32,33)31(28(9-2)20-24(5)6)22-26-15-17-29(34-7)18-16-26/h8-18,23-24,27-28H,1-2,19-22H2,3-7H3/t27-,28-/m1/s1. The summed E-state index contributed by atoms with van der Waals surface area (Å²) in [6, 6.07) is 16.6. The molecule has 0 saturated heterocycles. The molecule has 0 bridgehead atoms. The van der Waals surface area contributed by atoms with Crippen molar-refractivity contribution in [3.8, 4) is 5.75 Å². The van der Waals surface area contributed by atoms with Gasteiger partial charge in [-0.05, 0) is 47.9 Å². The van der Waals surface area contributed by atoms with Gasteiger partial charge < -0.3 is 4.74 Å². The van der Waals surface area contributed by atoms with Crippen molar-refractivity contribution in [3.05, 3.63) is 91.0 Å². The normalized spacial score (nSPS) is 13.9. The van der Waals surface area contributed by atoms with Crippen LogP contribution in [0.3, 0.4) is 0 Å². The van der Waals surface area contributed by atoms with Gasteiger partial charge in [-0.25, -0.2) is 0 Å². The van der Waals surface area contributed by atoms with Gasteiger partial charge in [0.15, 0.2) is 0 Å². The summed E-state index contributed by atoms with van der Waals surface area (Å²) in [5, 5.41) is 0. The lowest BCUT2D eigenvalue weighted by atomic mass is 10.0. The lowest BCUT2D eigenvalue weighted by molar-refractivity contribution is 0.252. The Kier molecular flexibility index (Phi) is 11.2. The van der Waals surface area contributed by atoms with Crippen LogP contribution in [0.4, 0.5) is 0 Å². The summed E-state index contributed by atoms with van der Waals surface area (Å²) in [6.45, 7) is 16.9. The average molecular weight is 499 g/mol. The number of methoxy groups -OCH3 is 1. The molecule has 0 spiro atoms. The topological polar surface area (TPSA) is 49.9 Å². The summed E-state index contributed by atoms with van der Waals surface area (Å²) in [6.07, 6.45) is 4.89. The van der Waals surface area contributed by atoms with E-state index in [1.807, 2.05) is 54.6 Å². The summed E-state index contributed by atoms with van der Waals surface area (Å²) in [4.78, 5) is 0. The highest BCUT2D eigenvalue weighted by molar-refractivity contribution is 7.86. The number of hydrogen-bond donors (Lipinski definition) is 0. The molecule has 192 valence electrons. The molecule has 0 aromatic heterocycles. The van der Waals surface area contributed by atoms with E-state index in [0.717, 1.165) is 16.9 Å². The lowest BCUT2D eigenvalue weighted by Crippen LogP contribution is -2.51. The zero-order valence-corrected chi connectivity index (χ0v) is 22.7. The van der Waals surface area contributed by atoms with Gasteiger partial charge in [0.05, 0.1) is 7.11 Å². The predicted octanol–water partition coefficient (Wildman–Crippen LogP) is 6.45. The third-order valence-corrected chi connectivity index (χ3v) is 7.97. The molecule has 0 N–H and O–H groups in total. The Labute approximate surface area is 213 Å². The Hall–Kier alpha value is -2.41. The van der Waals surface area contributed by atoms with Crippen molar-refractivity contribution in [1.82, 2.24) is 8.61 Å².